The Labute approximate surface area is 147 Å². The average molecular weight is 359 g/mol. The van der Waals surface area contributed by atoms with Gasteiger partial charge in [-0.3, -0.25) is 14.5 Å². The van der Waals surface area contributed by atoms with Crippen LogP contribution in [0.1, 0.15) is 41.5 Å². The lowest BCUT2D eigenvalue weighted by atomic mass is 10.1. The Morgan fingerprint density at radius 3 is 2.17 bits per heavy atom. The van der Waals surface area contributed by atoms with Gasteiger partial charge in [-0.05, 0) is 53.8 Å². The van der Waals surface area contributed by atoms with Gasteiger partial charge < -0.3 is 20.1 Å². The molecule has 0 aromatic rings. The van der Waals surface area contributed by atoms with Gasteiger partial charge in [0.1, 0.15) is 23.8 Å². The standard InChI is InChI=1S/C15H25N3O5S/c1-14(2,3)22-10(19)7-16-12(24)18-8-9(11(18)20)17-13(21)23-15(4,5)6/h9H,7-8H2,1-6H3,(H,16,24)(H,17,21)/t9-/m0/s1. The van der Waals surface area contributed by atoms with Crippen LogP contribution in [0.15, 0.2) is 0 Å². The summed E-state index contributed by atoms with van der Waals surface area (Å²) in [5.41, 5.74) is -1.23. The van der Waals surface area contributed by atoms with Crippen molar-refractivity contribution in [3.05, 3.63) is 0 Å². The predicted molar refractivity (Wildman–Crippen MR) is 91.3 cm³/mol. The van der Waals surface area contributed by atoms with Gasteiger partial charge in [0.2, 0.25) is 0 Å². The molecule has 136 valence electrons. The minimum absolute atomic E-state index is 0.119. The van der Waals surface area contributed by atoms with E-state index in [0.717, 1.165) is 0 Å². The molecule has 0 radical (unpaired) electrons. The quantitative estimate of drug-likeness (QED) is 0.440. The number of amides is 2. The molecular weight excluding hydrogens is 334 g/mol. The van der Waals surface area contributed by atoms with Gasteiger partial charge in [0.25, 0.3) is 5.91 Å². The fourth-order valence-electron chi connectivity index (χ4n) is 1.79. The van der Waals surface area contributed by atoms with Crippen molar-refractivity contribution in [1.29, 1.82) is 0 Å². The molecule has 0 saturated carbocycles. The maximum atomic E-state index is 12.0. The molecule has 1 atom stereocenters. The minimum atomic E-state index is -0.680. The molecule has 9 heteroatoms. The van der Waals surface area contributed by atoms with Crippen LogP contribution in [0.25, 0.3) is 0 Å². The number of esters is 1. The van der Waals surface area contributed by atoms with Gasteiger partial charge in [-0.1, -0.05) is 0 Å². The fourth-order valence-corrected chi connectivity index (χ4v) is 2.02. The molecular formula is C15H25N3O5S. The molecule has 2 amide bonds. The van der Waals surface area contributed by atoms with Crippen LogP contribution in [0, 0.1) is 0 Å². The third-order valence-corrected chi connectivity index (χ3v) is 3.03. The van der Waals surface area contributed by atoms with Crippen LogP contribution >= 0.6 is 12.2 Å². The Bertz CT molecular complexity index is 528. The molecule has 0 aromatic heterocycles. The lowest BCUT2D eigenvalue weighted by Crippen LogP contribution is -2.67. The van der Waals surface area contributed by atoms with Gasteiger partial charge in [-0.25, -0.2) is 4.79 Å². The van der Waals surface area contributed by atoms with Gasteiger partial charge in [-0.2, -0.15) is 0 Å². The topological polar surface area (TPSA) is 97.0 Å². The largest absolute Gasteiger partial charge is 0.459 e. The number of likely N-dealkylation sites (tertiary alicyclic amines) is 1. The fraction of sp³-hybridized carbons (Fsp3) is 0.733. The van der Waals surface area contributed by atoms with E-state index in [-0.39, 0.29) is 24.1 Å². The molecule has 0 bridgehead atoms. The van der Waals surface area contributed by atoms with Crippen LogP contribution in [0.3, 0.4) is 0 Å². The first-order chi connectivity index (χ1) is 10.8. The highest BCUT2D eigenvalue weighted by atomic mass is 32.1. The molecule has 8 nitrogen and oxygen atoms in total. The molecule has 0 unspecified atom stereocenters. The van der Waals surface area contributed by atoms with Crippen LogP contribution in [0.4, 0.5) is 4.79 Å². The summed E-state index contributed by atoms with van der Waals surface area (Å²) >= 11 is 5.06. The number of thiocarbonyl (C=S) groups is 1. The lowest BCUT2D eigenvalue weighted by molar-refractivity contribution is -0.153. The zero-order chi connectivity index (χ0) is 18.7. The summed E-state index contributed by atoms with van der Waals surface area (Å²) in [7, 11) is 0. The summed E-state index contributed by atoms with van der Waals surface area (Å²) in [6.45, 7) is 10.6. The number of hydrogen-bond acceptors (Lipinski definition) is 6. The Morgan fingerprint density at radius 2 is 1.71 bits per heavy atom. The second-order valence-corrected chi connectivity index (χ2v) is 7.78. The summed E-state index contributed by atoms with van der Waals surface area (Å²) in [6, 6.07) is -0.680. The van der Waals surface area contributed by atoms with E-state index in [4.69, 9.17) is 21.7 Å². The van der Waals surface area contributed by atoms with E-state index in [1.165, 1.54) is 4.90 Å². The summed E-state index contributed by atoms with van der Waals surface area (Å²) in [5.74, 6) is -0.830. The first-order valence-corrected chi connectivity index (χ1v) is 8.00. The van der Waals surface area contributed by atoms with Crippen molar-refractivity contribution in [2.45, 2.75) is 58.8 Å². The molecule has 1 aliphatic heterocycles. The van der Waals surface area contributed by atoms with Crippen molar-refractivity contribution in [3.63, 3.8) is 0 Å². The van der Waals surface area contributed by atoms with Crippen molar-refractivity contribution >= 4 is 35.3 Å². The first kappa shape index (κ1) is 20.1. The summed E-state index contributed by atoms with van der Waals surface area (Å²) in [5, 5.41) is 5.26. The van der Waals surface area contributed by atoms with Crippen molar-refractivity contribution in [2.24, 2.45) is 0 Å². The summed E-state index contributed by atoms with van der Waals surface area (Å²) in [4.78, 5) is 36.5. The highest BCUT2D eigenvalue weighted by Gasteiger charge is 2.41. The van der Waals surface area contributed by atoms with Gasteiger partial charge in [0, 0.05) is 0 Å². The molecule has 1 rings (SSSR count). The molecule has 0 aromatic carbocycles. The van der Waals surface area contributed by atoms with Gasteiger partial charge in [0.15, 0.2) is 5.11 Å². The third kappa shape index (κ3) is 6.69. The first-order valence-electron chi connectivity index (χ1n) is 7.59. The normalized spacial score (nSPS) is 17.7. The highest BCUT2D eigenvalue weighted by Crippen LogP contribution is 2.13. The van der Waals surface area contributed by atoms with E-state index in [0.29, 0.717) is 0 Å². The molecule has 1 saturated heterocycles. The minimum Gasteiger partial charge on any atom is -0.459 e. The average Bonchev–Trinajstić information content (AvgIpc) is 2.36. The predicted octanol–water partition coefficient (Wildman–Crippen LogP) is 0.938. The Hall–Kier alpha value is -1.90. The van der Waals surface area contributed by atoms with Crippen LogP contribution in [-0.4, -0.2) is 58.3 Å². The number of nitrogens with one attached hydrogen (secondary N) is 2. The number of nitrogens with zero attached hydrogens (tertiary/aromatic N) is 1. The number of rotatable bonds is 3. The monoisotopic (exact) mass is 359 g/mol. The van der Waals surface area contributed by atoms with E-state index in [1.54, 1.807) is 41.5 Å². The van der Waals surface area contributed by atoms with Crippen LogP contribution in [-0.2, 0) is 19.1 Å². The Kier molecular flexibility index (Phi) is 6.15. The van der Waals surface area contributed by atoms with Crippen molar-refractivity contribution in [3.8, 4) is 0 Å². The number of carbonyl (C=O) groups excluding carboxylic acids is 3. The number of hydrogen-bond donors (Lipinski definition) is 2. The number of β-lactam (4-membered cyclic amide) rings is 1. The zero-order valence-corrected chi connectivity index (χ0v) is 15.7. The Morgan fingerprint density at radius 1 is 1.17 bits per heavy atom. The lowest BCUT2D eigenvalue weighted by Gasteiger charge is -2.38. The molecule has 24 heavy (non-hydrogen) atoms. The zero-order valence-electron chi connectivity index (χ0n) is 14.9. The number of carbonyl (C=O) groups is 3. The number of alkyl carbamates (subject to hydrolysis) is 1. The van der Waals surface area contributed by atoms with Crippen LogP contribution < -0.4 is 10.6 Å². The van der Waals surface area contributed by atoms with E-state index >= 15 is 0 Å². The molecule has 2 N–H and O–H groups in total. The molecule has 0 spiro atoms. The second kappa shape index (κ2) is 7.33. The van der Waals surface area contributed by atoms with Gasteiger partial charge in [0.05, 0.1) is 6.54 Å². The van der Waals surface area contributed by atoms with Gasteiger partial charge in [-0.15, -0.1) is 0 Å². The van der Waals surface area contributed by atoms with Gasteiger partial charge >= 0.3 is 12.1 Å². The van der Waals surface area contributed by atoms with Crippen LogP contribution in [0.5, 0.6) is 0 Å². The molecule has 1 fully saturated rings. The highest BCUT2D eigenvalue weighted by molar-refractivity contribution is 7.80. The van der Waals surface area contributed by atoms with E-state index in [2.05, 4.69) is 10.6 Å². The Balaban J connectivity index is 2.36. The van der Waals surface area contributed by atoms with Crippen molar-refractivity contribution < 1.29 is 23.9 Å². The van der Waals surface area contributed by atoms with Crippen LogP contribution in [0.2, 0.25) is 0 Å². The SMILES string of the molecule is CC(C)(C)OC(=O)CNC(=S)N1C[C@H](NC(=O)OC(C)(C)C)C1=O. The van der Waals surface area contributed by atoms with E-state index in [9.17, 15) is 14.4 Å². The molecule has 0 aliphatic carbocycles. The smallest absolute Gasteiger partial charge is 0.408 e. The third-order valence-electron chi connectivity index (χ3n) is 2.67. The maximum absolute atomic E-state index is 12.0. The number of ether oxygens (including phenoxy) is 2. The van der Waals surface area contributed by atoms with E-state index in [1.807, 2.05) is 0 Å². The maximum Gasteiger partial charge on any atom is 0.408 e. The van der Waals surface area contributed by atoms with Crippen molar-refractivity contribution in [2.75, 3.05) is 13.1 Å². The van der Waals surface area contributed by atoms with E-state index < -0.39 is 29.3 Å². The molecule has 1 heterocycles. The molecule has 1 aliphatic rings. The summed E-state index contributed by atoms with van der Waals surface area (Å²) in [6.07, 6.45) is -0.659. The van der Waals surface area contributed by atoms with Crippen molar-refractivity contribution in [1.82, 2.24) is 15.5 Å². The second-order valence-electron chi connectivity index (χ2n) is 7.39. The summed E-state index contributed by atoms with van der Waals surface area (Å²) < 4.78 is 10.2.